The molecule has 2 aliphatic rings. The summed E-state index contributed by atoms with van der Waals surface area (Å²) in [6, 6.07) is 0.472. The summed E-state index contributed by atoms with van der Waals surface area (Å²) in [7, 11) is 0. The molecule has 110 valence electrons. The lowest BCUT2D eigenvalue weighted by atomic mass is 10.0. The summed E-state index contributed by atoms with van der Waals surface area (Å²) in [4.78, 5) is 16.8. The van der Waals surface area contributed by atoms with E-state index in [4.69, 9.17) is 5.73 Å². The van der Waals surface area contributed by atoms with Crippen LogP contribution in [0.1, 0.15) is 46.0 Å². The molecule has 1 heterocycles. The quantitative estimate of drug-likeness (QED) is 0.838. The zero-order chi connectivity index (χ0) is 13.8. The zero-order valence-electron chi connectivity index (χ0n) is 12.5. The van der Waals surface area contributed by atoms with Crippen LogP contribution >= 0.6 is 0 Å². The lowest BCUT2D eigenvalue weighted by molar-refractivity contribution is -0.135. The summed E-state index contributed by atoms with van der Waals surface area (Å²) in [5.74, 6) is 0.637. The van der Waals surface area contributed by atoms with Gasteiger partial charge in [0.25, 0.3) is 0 Å². The molecule has 19 heavy (non-hydrogen) atoms. The fraction of sp³-hybridized carbons (Fsp3) is 0.933. The standard InChI is InChI=1S/C15H29N3O/c1-12(2)11-14(16)15(19)18-9-7-17(8-10-18)13-5-3-4-6-13/h12-14H,3-11,16H2,1-2H3/t14-/m1/s1. The van der Waals surface area contributed by atoms with Gasteiger partial charge >= 0.3 is 0 Å². The van der Waals surface area contributed by atoms with Crippen molar-refractivity contribution in [1.82, 2.24) is 9.80 Å². The van der Waals surface area contributed by atoms with Crippen molar-refractivity contribution in [3.8, 4) is 0 Å². The van der Waals surface area contributed by atoms with Crippen LogP contribution in [0.15, 0.2) is 0 Å². The van der Waals surface area contributed by atoms with E-state index in [2.05, 4.69) is 18.7 Å². The van der Waals surface area contributed by atoms with Gasteiger partial charge in [-0.2, -0.15) is 0 Å². The normalized spacial score (nSPS) is 24.1. The third kappa shape index (κ3) is 3.93. The Morgan fingerprint density at radius 1 is 1.16 bits per heavy atom. The van der Waals surface area contributed by atoms with E-state index in [1.165, 1.54) is 25.7 Å². The first-order chi connectivity index (χ1) is 9.08. The van der Waals surface area contributed by atoms with Crippen molar-refractivity contribution >= 4 is 5.91 Å². The maximum atomic E-state index is 12.2. The molecular formula is C15H29N3O. The number of piperazine rings is 1. The number of rotatable bonds is 4. The molecule has 1 saturated carbocycles. The van der Waals surface area contributed by atoms with E-state index in [-0.39, 0.29) is 11.9 Å². The molecule has 0 radical (unpaired) electrons. The van der Waals surface area contributed by atoms with Gasteiger partial charge in [0.2, 0.25) is 5.91 Å². The fourth-order valence-electron chi connectivity index (χ4n) is 3.42. The topological polar surface area (TPSA) is 49.6 Å². The lowest BCUT2D eigenvalue weighted by Gasteiger charge is -2.39. The first-order valence-corrected chi connectivity index (χ1v) is 7.86. The third-order valence-corrected chi connectivity index (χ3v) is 4.51. The van der Waals surface area contributed by atoms with Gasteiger partial charge in [0, 0.05) is 32.2 Å². The molecule has 4 nitrogen and oxygen atoms in total. The van der Waals surface area contributed by atoms with Crippen molar-refractivity contribution in [2.75, 3.05) is 26.2 Å². The van der Waals surface area contributed by atoms with E-state index in [0.29, 0.717) is 5.92 Å². The minimum atomic E-state index is -0.307. The molecule has 0 unspecified atom stereocenters. The summed E-state index contributed by atoms with van der Waals surface area (Å²) in [6.07, 6.45) is 6.25. The summed E-state index contributed by atoms with van der Waals surface area (Å²) in [5, 5.41) is 0. The van der Waals surface area contributed by atoms with Gasteiger partial charge in [-0.05, 0) is 25.2 Å². The van der Waals surface area contributed by atoms with E-state index in [1.54, 1.807) is 0 Å². The minimum absolute atomic E-state index is 0.153. The molecule has 1 saturated heterocycles. The van der Waals surface area contributed by atoms with Gasteiger partial charge in [-0.25, -0.2) is 0 Å². The van der Waals surface area contributed by atoms with Crippen LogP contribution in [-0.2, 0) is 4.79 Å². The van der Waals surface area contributed by atoms with E-state index < -0.39 is 0 Å². The maximum absolute atomic E-state index is 12.2. The molecule has 2 rings (SSSR count). The average Bonchev–Trinajstić information content (AvgIpc) is 2.91. The number of carbonyl (C=O) groups is 1. The summed E-state index contributed by atoms with van der Waals surface area (Å²) in [6.45, 7) is 8.02. The molecule has 1 aliphatic heterocycles. The second-order valence-corrected chi connectivity index (χ2v) is 6.54. The molecule has 0 bridgehead atoms. The fourth-order valence-corrected chi connectivity index (χ4v) is 3.42. The van der Waals surface area contributed by atoms with Gasteiger partial charge in [0.15, 0.2) is 0 Å². The van der Waals surface area contributed by atoms with Gasteiger partial charge < -0.3 is 10.6 Å². The summed E-state index contributed by atoms with van der Waals surface area (Å²) < 4.78 is 0. The molecular weight excluding hydrogens is 238 g/mol. The highest BCUT2D eigenvalue weighted by atomic mass is 16.2. The molecule has 1 atom stereocenters. The number of hydrogen-bond donors (Lipinski definition) is 1. The summed E-state index contributed by atoms with van der Waals surface area (Å²) in [5.41, 5.74) is 6.00. The Kier molecular flexibility index (Phi) is 5.22. The predicted molar refractivity (Wildman–Crippen MR) is 77.8 cm³/mol. The smallest absolute Gasteiger partial charge is 0.239 e. The van der Waals surface area contributed by atoms with E-state index in [0.717, 1.165) is 38.6 Å². The number of hydrogen-bond acceptors (Lipinski definition) is 3. The van der Waals surface area contributed by atoms with Crippen LogP contribution in [0.3, 0.4) is 0 Å². The van der Waals surface area contributed by atoms with Crippen molar-refractivity contribution in [3.63, 3.8) is 0 Å². The Hall–Kier alpha value is -0.610. The van der Waals surface area contributed by atoms with Crippen LogP contribution in [-0.4, -0.2) is 54.0 Å². The van der Waals surface area contributed by atoms with Crippen molar-refractivity contribution in [2.24, 2.45) is 11.7 Å². The highest BCUT2D eigenvalue weighted by Gasteiger charge is 2.29. The number of nitrogens with zero attached hydrogens (tertiary/aromatic N) is 2. The largest absolute Gasteiger partial charge is 0.339 e. The van der Waals surface area contributed by atoms with Gasteiger partial charge in [-0.3, -0.25) is 9.69 Å². The molecule has 1 aliphatic carbocycles. The molecule has 0 spiro atoms. The molecule has 0 aromatic heterocycles. The second kappa shape index (κ2) is 6.71. The molecule has 0 aromatic carbocycles. The Bertz CT molecular complexity index is 292. The number of nitrogens with two attached hydrogens (primary N) is 1. The van der Waals surface area contributed by atoms with Crippen LogP contribution in [0.25, 0.3) is 0 Å². The van der Waals surface area contributed by atoms with Gasteiger partial charge in [-0.15, -0.1) is 0 Å². The number of carbonyl (C=O) groups excluding carboxylic acids is 1. The Labute approximate surface area is 117 Å². The van der Waals surface area contributed by atoms with Gasteiger partial charge in [0.1, 0.15) is 0 Å². The van der Waals surface area contributed by atoms with Crippen LogP contribution in [0, 0.1) is 5.92 Å². The van der Waals surface area contributed by atoms with Crippen molar-refractivity contribution in [1.29, 1.82) is 0 Å². The predicted octanol–water partition coefficient (Wildman–Crippen LogP) is 1.45. The molecule has 2 fully saturated rings. The second-order valence-electron chi connectivity index (χ2n) is 6.54. The summed E-state index contributed by atoms with van der Waals surface area (Å²) >= 11 is 0. The average molecular weight is 267 g/mol. The van der Waals surface area contributed by atoms with E-state index in [9.17, 15) is 4.79 Å². The molecule has 4 heteroatoms. The number of amides is 1. The SMILES string of the molecule is CC(C)C[C@@H](N)C(=O)N1CCN(C2CCCC2)CC1. The van der Waals surface area contributed by atoms with Crippen LogP contribution in [0.2, 0.25) is 0 Å². The van der Waals surface area contributed by atoms with Crippen LogP contribution in [0.4, 0.5) is 0 Å². The lowest BCUT2D eigenvalue weighted by Crippen LogP contribution is -2.55. The highest BCUT2D eigenvalue weighted by Crippen LogP contribution is 2.24. The molecule has 1 amide bonds. The maximum Gasteiger partial charge on any atom is 0.239 e. The Morgan fingerprint density at radius 2 is 1.74 bits per heavy atom. The first kappa shape index (κ1) is 14.8. The van der Waals surface area contributed by atoms with E-state index in [1.807, 2.05) is 4.90 Å². The highest BCUT2D eigenvalue weighted by molar-refractivity contribution is 5.81. The Balaban J connectivity index is 1.77. The van der Waals surface area contributed by atoms with E-state index >= 15 is 0 Å². The first-order valence-electron chi connectivity index (χ1n) is 7.86. The van der Waals surface area contributed by atoms with Crippen molar-refractivity contribution in [3.05, 3.63) is 0 Å². The van der Waals surface area contributed by atoms with Crippen molar-refractivity contribution in [2.45, 2.75) is 58.0 Å². The van der Waals surface area contributed by atoms with Gasteiger partial charge in [-0.1, -0.05) is 26.7 Å². The van der Waals surface area contributed by atoms with Crippen LogP contribution < -0.4 is 5.73 Å². The molecule has 0 aromatic rings. The zero-order valence-corrected chi connectivity index (χ0v) is 12.5. The Morgan fingerprint density at radius 3 is 2.26 bits per heavy atom. The van der Waals surface area contributed by atoms with Crippen LogP contribution in [0.5, 0.6) is 0 Å². The van der Waals surface area contributed by atoms with Gasteiger partial charge in [0.05, 0.1) is 6.04 Å². The monoisotopic (exact) mass is 267 g/mol. The molecule has 2 N–H and O–H groups in total. The third-order valence-electron chi connectivity index (χ3n) is 4.51. The van der Waals surface area contributed by atoms with Crippen molar-refractivity contribution < 1.29 is 4.79 Å². The minimum Gasteiger partial charge on any atom is -0.339 e.